The molecule has 25 heavy (non-hydrogen) atoms. The first-order valence-corrected chi connectivity index (χ1v) is 7.74. The maximum absolute atomic E-state index is 11.7. The molecule has 0 saturated heterocycles. The molecule has 0 spiro atoms. The number of nitrogens with two attached hydrogens (primary N) is 1. The SMILES string of the molecule is C[C@H](C(N)=O)n1cnc(-c2ccccc2)c1-c1ccc(C(=O)O)cc1. The van der Waals surface area contributed by atoms with Gasteiger partial charge in [-0.2, -0.15) is 0 Å². The highest BCUT2D eigenvalue weighted by Gasteiger charge is 2.21. The highest BCUT2D eigenvalue weighted by atomic mass is 16.4. The largest absolute Gasteiger partial charge is 0.478 e. The number of aromatic carboxylic acids is 1. The maximum Gasteiger partial charge on any atom is 0.335 e. The Balaban J connectivity index is 2.19. The van der Waals surface area contributed by atoms with E-state index in [0.717, 1.165) is 16.8 Å². The van der Waals surface area contributed by atoms with Gasteiger partial charge < -0.3 is 15.4 Å². The molecule has 0 aliphatic heterocycles. The summed E-state index contributed by atoms with van der Waals surface area (Å²) in [6.45, 7) is 1.70. The number of primary amides is 1. The van der Waals surface area contributed by atoms with Crippen molar-refractivity contribution >= 4 is 11.9 Å². The van der Waals surface area contributed by atoms with Gasteiger partial charge in [-0.1, -0.05) is 42.5 Å². The van der Waals surface area contributed by atoms with Gasteiger partial charge >= 0.3 is 5.97 Å². The molecule has 0 aliphatic carbocycles. The minimum Gasteiger partial charge on any atom is -0.478 e. The van der Waals surface area contributed by atoms with E-state index < -0.39 is 17.9 Å². The average molecular weight is 335 g/mol. The smallest absolute Gasteiger partial charge is 0.335 e. The molecule has 0 fully saturated rings. The van der Waals surface area contributed by atoms with Crippen LogP contribution in [-0.2, 0) is 4.79 Å². The van der Waals surface area contributed by atoms with E-state index in [1.54, 1.807) is 30.0 Å². The van der Waals surface area contributed by atoms with Crippen molar-refractivity contribution < 1.29 is 14.7 Å². The zero-order valence-corrected chi connectivity index (χ0v) is 13.6. The van der Waals surface area contributed by atoms with Crippen LogP contribution in [0.25, 0.3) is 22.5 Å². The second-order valence-electron chi connectivity index (χ2n) is 5.68. The topological polar surface area (TPSA) is 98.2 Å². The molecule has 3 rings (SSSR count). The molecule has 0 bridgehead atoms. The summed E-state index contributed by atoms with van der Waals surface area (Å²) < 4.78 is 1.71. The maximum atomic E-state index is 11.7. The summed E-state index contributed by atoms with van der Waals surface area (Å²) in [6, 6.07) is 15.5. The zero-order chi connectivity index (χ0) is 18.0. The van der Waals surface area contributed by atoms with Crippen molar-refractivity contribution in [2.75, 3.05) is 0 Å². The predicted molar refractivity (Wildman–Crippen MR) is 94.0 cm³/mol. The predicted octanol–water partition coefficient (Wildman–Crippen LogP) is 2.96. The lowest BCUT2D eigenvalue weighted by molar-refractivity contribution is -0.120. The summed E-state index contributed by atoms with van der Waals surface area (Å²) in [5.74, 6) is -1.46. The number of amides is 1. The van der Waals surface area contributed by atoms with Gasteiger partial charge in [-0.25, -0.2) is 9.78 Å². The summed E-state index contributed by atoms with van der Waals surface area (Å²) in [4.78, 5) is 27.2. The van der Waals surface area contributed by atoms with E-state index in [-0.39, 0.29) is 5.56 Å². The lowest BCUT2D eigenvalue weighted by atomic mass is 10.0. The molecule has 1 heterocycles. The Morgan fingerprint density at radius 1 is 1.04 bits per heavy atom. The van der Waals surface area contributed by atoms with E-state index in [0.29, 0.717) is 5.69 Å². The number of imidazole rings is 1. The molecule has 3 aromatic rings. The van der Waals surface area contributed by atoms with Crippen molar-refractivity contribution in [2.45, 2.75) is 13.0 Å². The minimum absolute atomic E-state index is 0.194. The molecule has 1 aromatic heterocycles. The quantitative estimate of drug-likeness (QED) is 0.749. The third-order valence-corrected chi connectivity index (χ3v) is 4.08. The Hall–Kier alpha value is -3.41. The van der Waals surface area contributed by atoms with Crippen molar-refractivity contribution in [3.8, 4) is 22.5 Å². The summed E-state index contributed by atoms with van der Waals surface area (Å²) >= 11 is 0. The van der Waals surface area contributed by atoms with Gasteiger partial charge in [0, 0.05) is 11.1 Å². The number of carboxylic acid groups (broad SMARTS) is 1. The molecular weight excluding hydrogens is 318 g/mol. The van der Waals surface area contributed by atoms with Crippen molar-refractivity contribution in [3.05, 3.63) is 66.5 Å². The number of rotatable bonds is 5. The summed E-state index contributed by atoms with van der Waals surface area (Å²) in [5.41, 5.74) is 8.73. The van der Waals surface area contributed by atoms with Gasteiger partial charge in [0.25, 0.3) is 0 Å². The van der Waals surface area contributed by atoms with Crippen molar-refractivity contribution in [1.82, 2.24) is 9.55 Å². The third kappa shape index (κ3) is 3.14. The summed E-state index contributed by atoms with van der Waals surface area (Å²) in [5, 5.41) is 9.08. The third-order valence-electron chi connectivity index (χ3n) is 4.08. The lowest BCUT2D eigenvalue weighted by Gasteiger charge is -2.15. The van der Waals surface area contributed by atoms with Crippen LogP contribution in [0.3, 0.4) is 0 Å². The van der Waals surface area contributed by atoms with Gasteiger partial charge in [0.1, 0.15) is 6.04 Å². The molecule has 1 amide bonds. The van der Waals surface area contributed by atoms with Crippen LogP contribution in [0.15, 0.2) is 60.9 Å². The molecular formula is C19H17N3O3. The van der Waals surface area contributed by atoms with Crippen LogP contribution in [0.2, 0.25) is 0 Å². The second kappa shape index (κ2) is 6.60. The molecule has 1 atom stereocenters. The Bertz CT molecular complexity index is 915. The van der Waals surface area contributed by atoms with E-state index in [2.05, 4.69) is 4.98 Å². The second-order valence-corrected chi connectivity index (χ2v) is 5.68. The minimum atomic E-state index is -0.992. The first-order valence-electron chi connectivity index (χ1n) is 7.74. The van der Waals surface area contributed by atoms with Gasteiger partial charge in [0.15, 0.2) is 0 Å². The van der Waals surface area contributed by atoms with Gasteiger partial charge in [0.2, 0.25) is 5.91 Å². The van der Waals surface area contributed by atoms with E-state index in [1.807, 2.05) is 30.3 Å². The Morgan fingerprint density at radius 3 is 2.24 bits per heavy atom. The molecule has 0 unspecified atom stereocenters. The van der Waals surface area contributed by atoms with Gasteiger partial charge in [-0.15, -0.1) is 0 Å². The number of aromatic nitrogens is 2. The standard InChI is InChI=1S/C19H17N3O3/c1-12(18(20)23)22-11-21-16(13-5-3-2-4-6-13)17(22)14-7-9-15(10-8-14)19(24)25/h2-12H,1H3,(H2,20,23)(H,24,25)/t12-/m1/s1. The lowest BCUT2D eigenvalue weighted by Crippen LogP contribution is -2.24. The zero-order valence-electron chi connectivity index (χ0n) is 13.6. The van der Waals surface area contributed by atoms with E-state index in [4.69, 9.17) is 10.8 Å². The molecule has 6 heteroatoms. The summed E-state index contributed by atoms with van der Waals surface area (Å²) in [7, 11) is 0. The molecule has 0 saturated carbocycles. The number of nitrogens with zero attached hydrogens (tertiary/aromatic N) is 2. The number of carbonyl (C=O) groups excluding carboxylic acids is 1. The monoisotopic (exact) mass is 335 g/mol. The van der Waals surface area contributed by atoms with Crippen molar-refractivity contribution in [1.29, 1.82) is 0 Å². The number of benzene rings is 2. The fourth-order valence-corrected chi connectivity index (χ4v) is 2.66. The van der Waals surface area contributed by atoms with E-state index in [1.165, 1.54) is 12.1 Å². The van der Waals surface area contributed by atoms with Crippen LogP contribution >= 0.6 is 0 Å². The number of hydrogen-bond donors (Lipinski definition) is 2. The number of carbonyl (C=O) groups is 2. The van der Waals surface area contributed by atoms with Gasteiger partial charge in [-0.05, 0) is 19.1 Å². The fourth-order valence-electron chi connectivity index (χ4n) is 2.66. The van der Waals surface area contributed by atoms with E-state index >= 15 is 0 Å². The number of hydrogen-bond acceptors (Lipinski definition) is 3. The molecule has 3 N–H and O–H groups in total. The Kier molecular flexibility index (Phi) is 4.35. The first kappa shape index (κ1) is 16.4. The van der Waals surface area contributed by atoms with Crippen molar-refractivity contribution in [2.24, 2.45) is 5.73 Å². The Morgan fingerprint density at radius 2 is 1.68 bits per heavy atom. The average Bonchev–Trinajstić information content (AvgIpc) is 3.06. The van der Waals surface area contributed by atoms with Crippen LogP contribution in [0, 0.1) is 0 Å². The molecule has 6 nitrogen and oxygen atoms in total. The molecule has 126 valence electrons. The van der Waals surface area contributed by atoms with Crippen LogP contribution in [0.5, 0.6) is 0 Å². The first-order chi connectivity index (χ1) is 12.0. The highest BCUT2D eigenvalue weighted by molar-refractivity contribution is 5.89. The molecule has 0 radical (unpaired) electrons. The summed E-state index contributed by atoms with van der Waals surface area (Å²) in [6.07, 6.45) is 1.58. The molecule has 0 aliphatic rings. The van der Waals surface area contributed by atoms with Crippen LogP contribution in [0.1, 0.15) is 23.3 Å². The highest BCUT2D eigenvalue weighted by Crippen LogP contribution is 2.33. The fraction of sp³-hybridized carbons (Fsp3) is 0.105. The molecule has 2 aromatic carbocycles. The van der Waals surface area contributed by atoms with Gasteiger partial charge in [0.05, 0.1) is 23.3 Å². The van der Waals surface area contributed by atoms with Crippen LogP contribution < -0.4 is 5.73 Å². The van der Waals surface area contributed by atoms with E-state index in [9.17, 15) is 9.59 Å². The van der Waals surface area contributed by atoms with Crippen molar-refractivity contribution in [3.63, 3.8) is 0 Å². The van der Waals surface area contributed by atoms with Gasteiger partial charge in [-0.3, -0.25) is 4.79 Å². The number of carboxylic acids is 1. The van der Waals surface area contributed by atoms with Crippen LogP contribution in [0.4, 0.5) is 0 Å². The normalized spacial score (nSPS) is 11.9. The Labute approximate surface area is 144 Å². The van der Waals surface area contributed by atoms with Crippen LogP contribution in [-0.4, -0.2) is 26.5 Å².